The van der Waals surface area contributed by atoms with Crippen LogP contribution in [-0.4, -0.2) is 21.2 Å². The lowest BCUT2D eigenvalue weighted by atomic mass is 10.1. The Labute approximate surface area is 201 Å². The van der Waals surface area contributed by atoms with Gasteiger partial charge >= 0.3 is 0 Å². The first-order valence-electron chi connectivity index (χ1n) is 10.7. The summed E-state index contributed by atoms with van der Waals surface area (Å²) in [4.78, 5) is 31.6. The van der Waals surface area contributed by atoms with E-state index in [9.17, 15) is 9.59 Å². The highest BCUT2D eigenvalue weighted by molar-refractivity contribution is 7.99. The molecule has 0 spiro atoms. The zero-order valence-corrected chi connectivity index (χ0v) is 20.3. The van der Waals surface area contributed by atoms with Gasteiger partial charge in [0.05, 0.1) is 11.1 Å². The van der Waals surface area contributed by atoms with Gasteiger partial charge < -0.3 is 5.32 Å². The summed E-state index contributed by atoms with van der Waals surface area (Å²) in [5.41, 5.74) is 4.74. The number of para-hydroxylation sites is 1. The monoisotopic (exact) mass is 475 g/mol. The number of amides is 1. The molecule has 7 heteroatoms. The van der Waals surface area contributed by atoms with E-state index in [1.54, 1.807) is 10.6 Å². The second-order valence-electron chi connectivity index (χ2n) is 7.59. The van der Waals surface area contributed by atoms with Gasteiger partial charge in [0.25, 0.3) is 5.56 Å². The topological polar surface area (TPSA) is 64.0 Å². The van der Waals surface area contributed by atoms with E-state index in [0.717, 1.165) is 34.4 Å². The van der Waals surface area contributed by atoms with Crippen molar-refractivity contribution < 1.29 is 4.79 Å². The third-order valence-corrected chi connectivity index (χ3v) is 7.24. The molecule has 2 aromatic carbocycles. The van der Waals surface area contributed by atoms with Crippen molar-refractivity contribution in [3.05, 3.63) is 88.0 Å². The maximum absolute atomic E-state index is 13.4. The standard InChI is InChI=1S/C26H25N3O2S2/c1-4-14-29-25(31)22-20(19-11-7-6-8-12-19)15-32-24(22)28-26(29)33-16-21(30)27-23-17(3)10-9-13-18(23)5-2/h4,6-13,15H,1,5,14,16H2,2-3H3,(H,27,30). The molecular weight excluding hydrogens is 450 g/mol. The van der Waals surface area contributed by atoms with Gasteiger partial charge in [-0.25, -0.2) is 4.98 Å². The molecule has 168 valence electrons. The molecule has 0 fully saturated rings. The van der Waals surface area contributed by atoms with Crippen LogP contribution in [0.1, 0.15) is 18.1 Å². The van der Waals surface area contributed by atoms with Crippen LogP contribution in [0.15, 0.2) is 76.5 Å². The molecule has 0 aliphatic heterocycles. The Balaban J connectivity index is 1.63. The number of thiophene rings is 1. The van der Waals surface area contributed by atoms with Gasteiger partial charge in [-0.3, -0.25) is 14.2 Å². The Morgan fingerprint density at radius 2 is 2.00 bits per heavy atom. The number of thioether (sulfide) groups is 1. The number of allylic oxidation sites excluding steroid dienone is 1. The van der Waals surface area contributed by atoms with E-state index in [0.29, 0.717) is 21.9 Å². The molecule has 0 saturated heterocycles. The summed E-state index contributed by atoms with van der Waals surface area (Å²) in [7, 11) is 0. The summed E-state index contributed by atoms with van der Waals surface area (Å²) in [5, 5.41) is 6.13. The van der Waals surface area contributed by atoms with Gasteiger partial charge in [0, 0.05) is 23.2 Å². The lowest BCUT2D eigenvalue weighted by molar-refractivity contribution is -0.113. The van der Waals surface area contributed by atoms with Gasteiger partial charge in [-0.15, -0.1) is 17.9 Å². The van der Waals surface area contributed by atoms with Gasteiger partial charge in [-0.2, -0.15) is 0 Å². The lowest BCUT2D eigenvalue weighted by Gasteiger charge is -2.14. The normalized spacial score (nSPS) is 11.0. The molecule has 0 aliphatic rings. The van der Waals surface area contributed by atoms with Crippen LogP contribution in [-0.2, 0) is 17.8 Å². The predicted octanol–water partition coefficient (Wildman–Crippen LogP) is 5.91. The highest BCUT2D eigenvalue weighted by Gasteiger charge is 2.18. The van der Waals surface area contributed by atoms with Crippen molar-refractivity contribution in [2.45, 2.75) is 32.0 Å². The van der Waals surface area contributed by atoms with E-state index in [2.05, 4.69) is 18.8 Å². The van der Waals surface area contributed by atoms with Crippen molar-refractivity contribution in [2.75, 3.05) is 11.1 Å². The van der Waals surface area contributed by atoms with Crippen LogP contribution < -0.4 is 10.9 Å². The van der Waals surface area contributed by atoms with E-state index >= 15 is 0 Å². The van der Waals surface area contributed by atoms with Crippen LogP contribution in [0.2, 0.25) is 0 Å². The minimum atomic E-state index is -0.125. The first-order valence-corrected chi connectivity index (χ1v) is 12.6. The lowest BCUT2D eigenvalue weighted by Crippen LogP contribution is -2.23. The number of carbonyl (C=O) groups excluding carboxylic acids is 1. The number of aromatic nitrogens is 2. The second kappa shape index (κ2) is 10.2. The van der Waals surface area contributed by atoms with Crippen molar-refractivity contribution >= 4 is 44.9 Å². The minimum Gasteiger partial charge on any atom is -0.325 e. The Kier molecular flexibility index (Phi) is 7.11. The van der Waals surface area contributed by atoms with Gasteiger partial charge in [0.2, 0.25) is 5.91 Å². The zero-order valence-electron chi connectivity index (χ0n) is 18.6. The number of carbonyl (C=O) groups is 1. The van der Waals surface area contributed by atoms with Crippen LogP contribution in [0.25, 0.3) is 21.3 Å². The number of hydrogen-bond acceptors (Lipinski definition) is 5. The molecule has 0 radical (unpaired) electrons. The second-order valence-corrected chi connectivity index (χ2v) is 9.39. The first-order chi connectivity index (χ1) is 16.0. The number of fused-ring (bicyclic) bond motifs is 1. The molecular formula is C26H25N3O2S2. The van der Waals surface area contributed by atoms with E-state index in [1.165, 1.54) is 23.1 Å². The Morgan fingerprint density at radius 1 is 1.21 bits per heavy atom. The van der Waals surface area contributed by atoms with Gasteiger partial charge in [0.15, 0.2) is 5.16 Å². The summed E-state index contributed by atoms with van der Waals surface area (Å²) >= 11 is 2.71. The average molecular weight is 476 g/mol. The maximum Gasteiger partial charge on any atom is 0.263 e. The van der Waals surface area contributed by atoms with Crippen LogP contribution in [0.4, 0.5) is 5.69 Å². The molecule has 2 aromatic heterocycles. The van der Waals surface area contributed by atoms with E-state index in [1.807, 2.05) is 60.8 Å². The largest absolute Gasteiger partial charge is 0.325 e. The first kappa shape index (κ1) is 23.0. The predicted molar refractivity (Wildman–Crippen MR) is 139 cm³/mol. The number of benzene rings is 2. The van der Waals surface area contributed by atoms with Crippen LogP contribution in [0.5, 0.6) is 0 Å². The number of aryl methyl sites for hydroxylation is 2. The average Bonchev–Trinajstić information content (AvgIpc) is 3.26. The molecule has 0 saturated carbocycles. The zero-order chi connectivity index (χ0) is 23.4. The molecule has 0 aliphatic carbocycles. The molecule has 0 bridgehead atoms. The van der Waals surface area contributed by atoms with Gasteiger partial charge in [-0.1, -0.05) is 73.3 Å². The van der Waals surface area contributed by atoms with Crippen molar-refractivity contribution in [3.8, 4) is 11.1 Å². The minimum absolute atomic E-state index is 0.116. The molecule has 1 amide bonds. The number of anilines is 1. The summed E-state index contributed by atoms with van der Waals surface area (Å²) < 4.78 is 1.59. The number of rotatable bonds is 8. The van der Waals surface area contributed by atoms with Crippen LogP contribution in [0.3, 0.4) is 0 Å². The summed E-state index contributed by atoms with van der Waals surface area (Å²) in [6.45, 7) is 8.17. The van der Waals surface area contributed by atoms with E-state index in [4.69, 9.17) is 4.98 Å². The molecule has 4 rings (SSSR count). The molecule has 33 heavy (non-hydrogen) atoms. The number of nitrogens with one attached hydrogen (secondary N) is 1. The van der Waals surface area contributed by atoms with Gasteiger partial charge in [-0.05, 0) is 30.0 Å². The van der Waals surface area contributed by atoms with Crippen LogP contribution in [0, 0.1) is 6.92 Å². The van der Waals surface area contributed by atoms with Crippen molar-refractivity contribution in [3.63, 3.8) is 0 Å². The molecule has 4 aromatic rings. The highest BCUT2D eigenvalue weighted by Crippen LogP contribution is 2.32. The molecule has 1 N–H and O–H groups in total. The SMILES string of the molecule is C=CCn1c(SCC(=O)Nc2c(C)cccc2CC)nc2scc(-c3ccccc3)c2c1=O. The molecule has 0 atom stereocenters. The summed E-state index contributed by atoms with van der Waals surface area (Å²) in [5.74, 6) is 0.0309. The fraction of sp³-hybridized carbons (Fsp3) is 0.192. The third-order valence-electron chi connectivity index (χ3n) is 5.39. The van der Waals surface area contributed by atoms with Crippen molar-refractivity contribution in [2.24, 2.45) is 0 Å². The van der Waals surface area contributed by atoms with Crippen molar-refractivity contribution in [1.82, 2.24) is 9.55 Å². The molecule has 5 nitrogen and oxygen atoms in total. The van der Waals surface area contributed by atoms with E-state index in [-0.39, 0.29) is 17.2 Å². The molecule has 2 heterocycles. The fourth-order valence-corrected chi connectivity index (χ4v) is 5.54. The molecule has 0 unspecified atom stereocenters. The summed E-state index contributed by atoms with van der Waals surface area (Å²) in [6, 6.07) is 15.8. The smallest absolute Gasteiger partial charge is 0.263 e. The highest BCUT2D eigenvalue weighted by atomic mass is 32.2. The quantitative estimate of drug-likeness (QED) is 0.195. The summed E-state index contributed by atoms with van der Waals surface area (Å²) in [6.07, 6.45) is 2.51. The van der Waals surface area contributed by atoms with E-state index < -0.39 is 0 Å². The van der Waals surface area contributed by atoms with Gasteiger partial charge in [0.1, 0.15) is 4.83 Å². The number of hydrogen-bond donors (Lipinski definition) is 1. The van der Waals surface area contributed by atoms with Crippen molar-refractivity contribution in [1.29, 1.82) is 0 Å². The fourth-order valence-electron chi connectivity index (χ4n) is 3.74. The maximum atomic E-state index is 13.4. The Bertz CT molecular complexity index is 1370. The Morgan fingerprint density at radius 3 is 2.73 bits per heavy atom. The third kappa shape index (κ3) is 4.79. The Hall–Kier alpha value is -3.16. The number of nitrogens with zero attached hydrogens (tertiary/aromatic N) is 2. The van der Waals surface area contributed by atoms with Crippen LogP contribution >= 0.6 is 23.1 Å².